The van der Waals surface area contributed by atoms with E-state index in [1.165, 1.54) is 18.2 Å². The molecule has 1 aliphatic heterocycles. The number of alkyl halides is 3. The number of benzene rings is 2. The Hall–Kier alpha value is -2.27. The number of fused-ring (bicyclic) bond motifs is 1. The van der Waals surface area contributed by atoms with Gasteiger partial charge < -0.3 is 5.32 Å². The van der Waals surface area contributed by atoms with Gasteiger partial charge in [0.05, 0.1) is 5.56 Å². The van der Waals surface area contributed by atoms with E-state index in [4.69, 9.17) is 11.6 Å². The molecule has 0 aromatic heterocycles. The van der Waals surface area contributed by atoms with E-state index in [1.54, 1.807) is 18.2 Å². The number of halogens is 4. The van der Waals surface area contributed by atoms with Crippen LogP contribution in [0, 0.1) is 0 Å². The molecule has 0 saturated carbocycles. The Morgan fingerprint density at radius 2 is 1.73 bits per heavy atom. The minimum absolute atomic E-state index is 0.308. The first kappa shape index (κ1) is 14.7. The second kappa shape index (κ2) is 5.18. The summed E-state index contributed by atoms with van der Waals surface area (Å²) in [4.78, 5) is 12.0. The van der Waals surface area contributed by atoms with Gasteiger partial charge in [0.25, 0.3) is 5.91 Å². The quantitative estimate of drug-likeness (QED) is 0.747. The molecule has 0 aliphatic carbocycles. The van der Waals surface area contributed by atoms with Gasteiger partial charge in [0.1, 0.15) is 0 Å². The van der Waals surface area contributed by atoms with Gasteiger partial charge in [-0.3, -0.25) is 4.79 Å². The Balaban J connectivity index is 1.99. The van der Waals surface area contributed by atoms with Gasteiger partial charge in [-0.15, -0.1) is 0 Å². The standard InChI is InChI=1S/C16H9ClF3NO/c17-11-5-6-14-12(8-11)13(15(22)21-14)7-9-1-3-10(4-2-9)16(18,19)20/h1-8H,(H,21,22)/b13-7+. The van der Waals surface area contributed by atoms with Crippen molar-refractivity contribution >= 4 is 34.8 Å². The molecule has 2 aromatic rings. The molecule has 112 valence electrons. The number of carbonyl (C=O) groups excluding carboxylic acids is 1. The Labute approximate surface area is 129 Å². The van der Waals surface area contributed by atoms with Crippen LogP contribution < -0.4 is 5.32 Å². The Morgan fingerprint density at radius 1 is 1.05 bits per heavy atom. The second-order valence-electron chi connectivity index (χ2n) is 4.82. The van der Waals surface area contributed by atoms with Crippen molar-refractivity contribution in [2.24, 2.45) is 0 Å². The first-order chi connectivity index (χ1) is 10.3. The lowest BCUT2D eigenvalue weighted by Crippen LogP contribution is -2.04. The third-order valence-electron chi connectivity index (χ3n) is 3.31. The number of anilines is 1. The number of nitrogens with one attached hydrogen (secondary N) is 1. The predicted octanol–water partition coefficient (Wildman–Crippen LogP) is 4.85. The van der Waals surface area contributed by atoms with Gasteiger partial charge in [-0.1, -0.05) is 23.7 Å². The normalized spacial score (nSPS) is 15.8. The molecule has 0 radical (unpaired) electrons. The Bertz CT molecular complexity index is 779. The van der Waals surface area contributed by atoms with Crippen LogP contribution in [0.3, 0.4) is 0 Å². The molecule has 3 rings (SSSR count). The lowest BCUT2D eigenvalue weighted by molar-refractivity contribution is -0.137. The maximum atomic E-state index is 12.5. The molecule has 0 fully saturated rings. The van der Waals surface area contributed by atoms with Crippen molar-refractivity contribution in [3.63, 3.8) is 0 Å². The molecule has 0 unspecified atom stereocenters. The molecule has 0 spiro atoms. The van der Waals surface area contributed by atoms with Crippen molar-refractivity contribution in [2.45, 2.75) is 6.18 Å². The number of amides is 1. The highest BCUT2D eigenvalue weighted by atomic mass is 35.5. The fourth-order valence-electron chi connectivity index (χ4n) is 2.24. The van der Waals surface area contributed by atoms with Crippen molar-refractivity contribution in [1.82, 2.24) is 0 Å². The highest BCUT2D eigenvalue weighted by molar-refractivity contribution is 6.36. The molecular weight excluding hydrogens is 315 g/mol. The summed E-state index contributed by atoms with van der Waals surface area (Å²) in [6.45, 7) is 0. The summed E-state index contributed by atoms with van der Waals surface area (Å²) in [5.74, 6) is -0.308. The summed E-state index contributed by atoms with van der Waals surface area (Å²) in [7, 11) is 0. The second-order valence-corrected chi connectivity index (χ2v) is 5.26. The highest BCUT2D eigenvalue weighted by Gasteiger charge is 2.30. The first-order valence-corrected chi connectivity index (χ1v) is 6.72. The zero-order chi connectivity index (χ0) is 15.9. The maximum absolute atomic E-state index is 12.5. The van der Waals surface area contributed by atoms with E-state index in [0.29, 0.717) is 27.4 Å². The van der Waals surface area contributed by atoms with Gasteiger partial charge >= 0.3 is 6.18 Å². The monoisotopic (exact) mass is 323 g/mol. The smallest absolute Gasteiger partial charge is 0.321 e. The zero-order valence-corrected chi connectivity index (χ0v) is 11.8. The SMILES string of the molecule is O=C1Nc2ccc(Cl)cc2/C1=C\c1ccc(C(F)(F)F)cc1. The molecule has 2 aromatic carbocycles. The average Bonchev–Trinajstić information content (AvgIpc) is 2.75. The summed E-state index contributed by atoms with van der Waals surface area (Å²) in [5.41, 5.74) is 1.42. The molecule has 1 aliphatic rings. The van der Waals surface area contributed by atoms with Crippen molar-refractivity contribution in [3.8, 4) is 0 Å². The van der Waals surface area contributed by atoms with Crippen molar-refractivity contribution in [2.75, 3.05) is 5.32 Å². The van der Waals surface area contributed by atoms with Crippen LogP contribution in [0.4, 0.5) is 18.9 Å². The minimum atomic E-state index is -4.38. The van der Waals surface area contributed by atoms with E-state index in [1.807, 2.05) is 0 Å². The molecule has 1 heterocycles. The van der Waals surface area contributed by atoms with Gasteiger partial charge in [-0.25, -0.2) is 0 Å². The van der Waals surface area contributed by atoms with E-state index in [2.05, 4.69) is 5.32 Å². The van der Waals surface area contributed by atoms with Crippen LogP contribution in [-0.4, -0.2) is 5.91 Å². The third-order valence-corrected chi connectivity index (χ3v) is 3.55. The highest BCUT2D eigenvalue weighted by Crippen LogP contribution is 2.35. The number of hydrogen-bond acceptors (Lipinski definition) is 1. The van der Waals surface area contributed by atoms with Crippen molar-refractivity contribution in [1.29, 1.82) is 0 Å². The van der Waals surface area contributed by atoms with Gasteiger partial charge in [0, 0.05) is 21.8 Å². The molecule has 2 nitrogen and oxygen atoms in total. The van der Waals surface area contributed by atoms with Gasteiger partial charge in [-0.2, -0.15) is 13.2 Å². The lowest BCUT2D eigenvalue weighted by atomic mass is 10.0. The van der Waals surface area contributed by atoms with Crippen molar-refractivity contribution < 1.29 is 18.0 Å². The largest absolute Gasteiger partial charge is 0.416 e. The lowest BCUT2D eigenvalue weighted by Gasteiger charge is -2.06. The minimum Gasteiger partial charge on any atom is -0.321 e. The fourth-order valence-corrected chi connectivity index (χ4v) is 2.41. The summed E-state index contributed by atoms with van der Waals surface area (Å²) in [6, 6.07) is 9.60. The predicted molar refractivity (Wildman–Crippen MR) is 79.4 cm³/mol. The Kier molecular flexibility index (Phi) is 3.45. The van der Waals surface area contributed by atoms with E-state index in [-0.39, 0.29) is 5.91 Å². The number of rotatable bonds is 1. The van der Waals surface area contributed by atoms with E-state index < -0.39 is 11.7 Å². The topological polar surface area (TPSA) is 29.1 Å². The van der Waals surface area contributed by atoms with Crippen LogP contribution >= 0.6 is 11.6 Å². The van der Waals surface area contributed by atoms with E-state index in [0.717, 1.165) is 12.1 Å². The molecule has 0 saturated heterocycles. The van der Waals surface area contributed by atoms with Crippen LogP contribution in [-0.2, 0) is 11.0 Å². The van der Waals surface area contributed by atoms with Crippen LogP contribution in [0.15, 0.2) is 42.5 Å². The van der Waals surface area contributed by atoms with Crippen LogP contribution in [0.25, 0.3) is 11.6 Å². The van der Waals surface area contributed by atoms with Gasteiger partial charge in [0.15, 0.2) is 0 Å². The summed E-state index contributed by atoms with van der Waals surface area (Å²) in [5, 5.41) is 3.16. The Morgan fingerprint density at radius 3 is 2.36 bits per heavy atom. The summed E-state index contributed by atoms with van der Waals surface area (Å²) >= 11 is 5.92. The average molecular weight is 324 g/mol. The molecule has 1 N–H and O–H groups in total. The first-order valence-electron chi connectivity index (χ1n) is 6.35. The maximum Gasteiger partial charge on any atom is 0.416 e. The third kappa shape index (κ3) is 2.72. The number of hydrogen-bond donors (Lipinski definition) is 1. The number of carbonyl (C=O) groups is 1. The van der Waals surface area contributed by atoms with Gasteiger partial charge in [-0.05, 0) is 42.0 Å². The molecule has 0 atom stereocenters. The van der Waals surface area contributed by atoms with Gasteiger partial charge in [0.2, 0.25) is 0 Å². The van der Waals surface area contributed by atoms with Crippen LogP contribution in [0.2, 0.25) is 5.02 Å². The van der Waals surface area contributed by atoms with Crippen LogP contribution in [0.1, 0.15) is 16.7 Å². The van der Waals surface area contributed by atoms with Crippen molar-refractivity contribution in [3.05, 3.63) is 64.2 Å². The summed E-state index contributed by atoms with van der Waals surface area (Å²) < 4.78 is 37.6. The molecular formula is C16H9ClF3NO. The van der Waals surface area contributed by atoms with Crippen LogP contribution in [0.5, 0.6) is 0 Å². The fraction of sp³-hybridized carbons (Fsp3) is 0.0625. The molecule has 6 heteroatoms. The molecule has 0 bridgehead atoms. The summed E-state index contributed by atoms with van der Waals surface area (Å²) in [6.07, 6.45) is -2.84. The van der Waals surface area contributed by atoms with E-state index >= 15 is 0 Å². The molecule has 1 amide bonds. The zero-order valence-electron chi connectivity index (χ0n) is 11.0. The molecule has 22 heavy (non-hydrogen) atoms. The van der Waals surface area contributed by atoms with E-state index in [9.17, 15) is 18.0 Å².